The molecule has 1 aliphatic rings. The normalized spacial score (nSPS) is 37.3. The monoisotopic (exact) mass is 154 g/mol. The van der Waals surface area contributed by atoms with Gasteiger partial charge in [0.05, 0.1) is 5.60 Å². The van der Waals surface area contributed by atoms with Gasteiger partial charge in [-0.25, -0.2) is 0 Å². The molecule has 0 radical (unpaired) electrons. The van der Waals surface area contributed by atoms with Gasteiger partial charge in [0.25, 0.3) is 0 Å². The Morgan fingerprint density at radius 1 is 1.55 bits per heavy atom. The van der Waals surface area contributed by atoms with Crippen molar-refractivity contribution in [2.45, 2.75) is 45.6 Å². The summed E-state index contributed by atoms with van der Waals surface area (Å²) in [4.78, 5) is 0. The molecule has 0 saturated heterocycles. The highest BCUT2D eigenvalue weighted by Gasteiger charge is 2.35. The van der Waals surface area contributed by atoms with Crippen LogP contribution in [0.5, 0.6) is 0 Å². The van der Waals surface area contributed by atoms with Crippen LogP contribution in [0.25, 0.3) is 0 Å². The molecule has 0 aromatic carbocycles. The van der Waals surface area contributed by atoms with E-state index >= 15 is 0 Å². The summed E-state index contributed by atoms with van der Waals surface area (Å²) < 4.78 is 0. The predicted octanol–water partition coefficient (Wildman–Crippen LogP) is 2.50. The zero-order valence-corrected chi connectivity index (χ0v) is 7.72. The third-order valence-electron chi connectivity index (χ3n) is 2.61. The van der Waals surface area contributed by atoms with Gasteiger partial charge in [0.1, 0.15) is 0 Å². The fraction of sp³-hybridized carbons (Fsp3) is 0.800. The van der Waals surface area contributed by atoms with E-state index in [-0.39, 0.29) is 0 Å². The molecule has 1 saturated carbocycles. The summed E-state index contributed by atoms with van der Waals surface area (Å²) in [6, 6.07) is 0. The first kappa shape index (κ1) is 8.79. The van der Waals surface area contributed by atoms with E-state index in [1.165, 1.54) is 18.4 Å². The van der Waals surface area contributed by atoms with Crippen LogP contribution in [0.3, 0.4) is 0 Å². The molecule has 64 valence electrons. The molecule has 1 N–H and O–H groups in total. The van der Waals surface area contributed by atoms with Crippen molar-refractivity contribution in [2.75, 3.05) is 0 Å². The lowest BCUT2D eigenvalue weighted by Crippen LogP contribution is -2.28. The summed E-state index contributed by atoms with van der Waals surface area (Å²) in [5, 5.41) is 10.1. The van der Waals surface area contributed by atoms with Gasteiger partial charge < -0.3 is 5.11 Å². The summed E-state index contributed by atoms with van der Waals surface area (Å²) in [7, 11) is 0. The van der Waals surface area contributed by atoms with Crippen molar-refractivity contribution in [3.05, 3.63) is 11.6 Å². The van der Waals surface area contributed by atoms with E-state index in [1.54, 1.807) is 0 Å². The largest absolute Gasteiger partial charge is 0.386 e. The molecule has 0 bridgehead atoms. The summed E-state index contributed by atoms with van der Waals surface area (Å²) in [5.41, 5.74) is 0.736. The Morgan fingerprint density at radius 2 is 2.18 bits per heavy atom. The third-order valence-corrected chi connectivity index (χ3v) is 2.61. The Labute approximate surface area is 69.1 Å². The van der Waals surface area contributed by atoms with Crippen LogP contribution in [0.2, 0.25) is 0 Å². The van der Waals surface area contributed by atoms with Crippen molar-refractivity contribution in [1.82, 2.24) is 0 Å². The van der Waals surface area contributed by atoms with Gasteiger partial charge in [-0.1, -0.05) is 18.6 Å². The molecule has 2 atom stereocenters. The van der Waals surface area contributed by atoms with Crippen LogP contribution < -0.4 is 0 Å². The first-order valence-electron chi connectivity index (χ1n) is 4.43. The second kappa shape index (κ2) is 2.98. The minimum absolute atomic E-state index is 0.442. The van der Waals surface area contributed by atoms with Crippen LogP contribution in [-0.4, -0.2) is 10.7 Å². The molecule has 1 nitrogen and oxygen atoms in total. The SMILES string of the molecule is CC(C)=CC1(O)CCCC1C. The van der Waals surface area contributed by atoms with Gasteiger partial charge in [-0.15, -0.1) is 0 Å². The van der Waals surface area contributed by atoms with Crippen molar-refractivity contribution in [2.24, 2.45) is 5.92 Å². The molecule has 0 spiro atoms. The number of aliphatic hydroxyl groups is 1. The Kier molecular flexibility index (Phi) is 2.38. The van der Waals surface area contributed by atoms with Gasteiger partial charge in [0.15, 0.2) is 0 Å². The van der Waals surface area contributed by atoms with E-state index in [0.29, 0.717) is 5.92 Å². The summed E-state index contributed by atoms with van der Waals surface area (Å²) >= 11 is 0. The second-order valence-corrected chi connectivity index (χ2v) is 4.01. The highest BCUT2D eigenvalue weighted by Crippen LogP contribution is 2.36. The van der Waals surface area contributed by atoms with Crippen LogP contribution in [0.1, 0.15) is 40.0 Å². The van der Waals surface area contributed by atoms with Crippen molar-refractivity contribution < 1.29 is 5.11 Å². The van der Waals surface area contributed by atoms with Gasteiger partial charge in [-0.2, -0.15) is 0 Å². The number of hydrogen-bond donors (Lipinski definition) is 1. The first-order valence-corrected chi connectivity index (χ1v) is 4.43. The topological polar surface area (TPSA) is 20.2 Å². The van der Waals surface area contributed by atoms with E-state index < -0.39 is 5.60 Å². The van der Waals surface area contributed by atoms with E-state index in [2.05, 4.69) is 6.92 Å². The maximum absolute atomic E-state index is 10.1. The van der Waals surface area contributed by atoms with Crippen LogP contribution >= 0.6 is 0 Å². The molecule has 1 aliphatic carbocycles. The lowest BCUT2D eigenvalue weighted by molar-refractivity contribution is 0.0578. The van der Waals surface area contributed by atoms with Crippen LogP contribution in [0.15, 0.2) is 11.6 Å². The summed E-state index contributed by atoms with van der Waals surface area (Å²) in [6.45, 7) is 6.22. The van der Waals surface area contributed by atoms with Crippen molar-refractivity contribution in [1.29, 1.82) is 0 Å². The minimum Gasteiger partial charge on any atom is -0.386 e. The molecule has 1 rings (SSSR count). The van der Waals surface area contributed by atoms with E-state index in [9.17, 15) is 5.11 Å². The second-order valence-electron chi connectivity index (χ2n) is 4.01. The quantitative estimate of drug-likeness (QED) is 0.575. The minimum atomic E-state index is -0.487. The van der Waals surface area contributed by atoms with Gasteiger partial charge in [0.2, 0.25) is 0 Å². The van der Waals surface area contributed by atoms with Crippen LogP contribution in [-0.2, 0) is 0 Å². The molecule has 0 amide bonds. The highest BCUT2D eigenvalue weighted by molar-refractivity contribution is 5.11. The molecule has 0 aromatic heterocycles. The third kappa shape index (κ3) is 1.84. The van der Waals surface area contributed by atoms with Gasteiger partial charge >= 0.3 is 0 Å². The van der Waals surface area contributed by atoms with Crippen LogP contribution in [0, 0.1) is 5.92 Å². The molecule has 0 aliphatic heterocycles. The van der Waals surface area contributed by atoms with Gasteiger partial charge in [-0.3, -0.25) is 0 Å². The molecule has 0 heterocycles. The Balaban J connectivity index is 2.73. The molecule has 11 heavy (non-hydrogen) atoms. The maximum Gasteiger partial charge on any atom is 0.0855 e. The van der Waals surface area contributed by atoms with Crippen molar-refractivity contribution in [3.8, 4) is 0 Å². The summed E-state index contributed by atoms with van der Waals surface area (Å²) in [5.74, 6) is 0.442. The van der Waals surface area contributed by atoms with Crippen LogP contribution in [0.4, 0.5) is 0 Å². The van der Waals surface area contributed by atoms with E-state index in [1.807, 2.05) is 19.9 Å². The molecule has 1 heteroatoms. The van der Waals surface area contributed by atoms with Gasteiger partial charge in [-0.05, 0) is 39.0 Å². The summed E-state index contributed by atoms with van der Waals surface area (Å²) in [6.07, 6.45) is 5.30. The van der Waals surface area contributed by atoms with Crippen molar-refractivity contribution in [3.63, 3.8) is 0 Å². The average molecular weight is 154 g/mol. The lowest BCUT2D eigenvalue weighted by atomic mass is 9.91. The van der Waals surface area contributed by atoms with Crippen molar-refractivity contribution >= 4 is 0 Å². The fourth-order valence-electron chi connectivity index (χ4n) is 1.90. The molecule has 0 aromatic rings. The van der Waals surface area contributed by atoms with E-state index in [0.717, 1.165) is 6.42 Å². The molecular weight excluding hydrogens is 136 g/mol. The molecule has 2 unspecified atom stereocenters. The zero-order chi connectivity index (χ0) is 8.48. The van der Waals surface area contributed by atoms with E-state index in [4.69, 9.17) is 0 Å². The van der Waals surface area contributed by atoms with Gasteiger partial charge in [0, 0.05) is 0 Å². The molecular formula is C10H18O. The fourth-order valence-corrected chi connectivity index (χ4v) is 1.90. The Bertz CT molecular complexity index is 168. The smallest absolute Gasteiger partial charge is 0.0855 e. The number of allylic oxidation sites excluding steroid dienone is 1. The standard InChI is InChI=1S/C10H18O/c1-8(2)7-10(11)6-4-5-9(10)3/h7,9,11H,4-6H2,1-3H3. The first-order chi connectivity index (χ1) is 5.04. The Morgan fingerprint density at radius 3 is 2.55 bits per heavy atom. The highest BCUT2D eigenvalue weighted by atomic mass is 16.3. The Hall–Kier alpha value is -0.300. The number of hydrogen-bond acceptors (Lipinski definition) is 1. The number of rotatable bonds is 1. The predicted molar refractivity (Wildman–Crippen MR) is 47.4 cm³/mol. The average Bonchev–Trinajstić information content (AvgIpc) is 2.11. The maximum atomic E-state index is 10.1. The zero-order valence-electron chi connectivity index (χ0n) is 7.72. The lowest BCUT2D eigenvalue weighted by Gasteiger charge is -2.24. The molecule has 1 fully saturated rings.